The molecule has 0 amide bonds. The van der Waals surface area contributed by atoms with Crippen LogP contribution in [0.3, 0.4) is 0 Å². The van der Waals surface area contributed by atoms with Gasteiger partial charge in [0.05, 0.1) is 0 Å². The lowest BCUT2D eigenvalue weighted by Gasteiger charge is -2.31. The molecule has 0 saturated carbocycles. The van der Waals surface area contributed by atoms with Gasteiger partial charge in [-0.3, -0.25) is 0 Å². The van der Waals surface area contributed by atoms with E-state index in [4.69, 9.17) is 0 Å². The summed E-state index contributed by atoms with van der Waals surface area (Å²) < 4.78 is 26.1. The molecule has 0 N–H and O–H groups in total. The molecule has 2 aromatic rings. The van der Waals surface area contributed by atoms with E-state index in [1.807, 2.05) is 0 Å². The number of halogens is 2. The SMILES string of the molecule is CC(C)(C)C(c1ccc(F)cc1)c1ccc(F)cc1. The van der Waals surface area contributed by atoms with Gasteiger partial charge in [-0.05, 0) is 40.8 Å². The van der Waals surface area contributed by atoms with E-state index in [0.29, 0.717) is 0 Å². The van der Waals surface area contributed by atoms with Crippen molar-refractivity contribution < 1.29 is 8.78 Å². The standard InChI is InChI=1S/C17H18F2/c1-17(2,3)16(12-4-8-14(18)9-5-12)13-6-10-15(19)11-7-13/h4-11,16H,1-3H3. The van der Waals surface area contributed by atoms with Crippen molar-refractivity contribution in [1.82, 2.24) is 0 Å². The van der Waals surface area contributed by atoms with E-state index in [-0.39, 0.29) is 23.0 Å². The molecule has 0 unspecified atom stereocenters. The zero-order valence-electron chi connectivity index (χ0n) is 11.5. The Balaban J connectivity index is 2.47. The third kappa shape index (κ3) is 3.19. The van der Waals surface area contributed by atoms with Gasteiger partial charge in [-0.15, -0.1) is 0 Å². The molecule has 0 fully saturated rings. The van der Waals surface area contributed by atoms with E-state index in [1.54, 1.807) is 24.3 Å². The van der Waals surface area contributed by atoms with Crippen LogP contribution in [0.2, 0.25) is 0 Å². The normalized spacial score (nSPS) is 11.9. The molecule has 0 atom stereocenters. The van der Waals surface area contributed by atoms with E-state index in [2.05, 4.69) is 20.8 Å². The highest BCUT2D eigenvalue weighted by Crippen LogP contribution is 2.40. The second-order valence-corrected chi connectivity index (χ2v) is 5.90. The smallest absolute Gasteiger partial charge is 0.123 e. The van der Waals surface area contributed by atoms with Crippen molar-refractivity contribution in [3.05, 3.63) is 71.3 Å². The van der Waals surface area contributed by atoms with E-state index < -0.39 is 0 Å². The highest BCUT2D eigenvalue weighted by molar-refractivity contribution is 5.34. The van der Waals surface area contributed by atoms with Gasteiger partial charge in [0, 0.05) is 5.92 Å². The Morgan fingerprint density at radius 1 is 0.684 bits per heavy atom. The van der Waals surface area contributed by atoms with Crippen molar-refractivity contribution in [2.75, 3.05) is 0 Å². The van der Waals surface area contributed by atoms with Crippen LogP contribution in [0.5, 0.6) is 0 Å². The highest BCUT2D eigenvalue weighted by atomic mass is 19.1. The first kappa shape index (κ1) is 13.7. The largest absolute Gasteiger partial charge is 0.207 e. The molecule has 0 saturated heterocycles. The minimum atomic E-state index is -0.240. The molecule has 0 nitrogen and oxygen atoms in total. The maximum absolute atomic E-state index is 13.1. The minimum absolute atomic E-state index is 0.0321. The molecule has 0 heterocycles. The van der Waals surface area contributed by atoms with Gasteiger partial charge in [0.15, 0.2) is 0 Å². The van der Waals surface area contributed by atoms with Crippen LogP contribution in [0, 0.1) is 17.0 Å². The zero-order valence-corrected chi connectivity index (χ0v) is 11.5. The van der Waals surface area contributed by atoms with E-state index in [0.717, 1.165) is 11.1 Å². The van der Waals surface area contributed by atoms with Crippen molar-refractivity contribution in [2.45, 2.75) is 26.7 Å². The fraction of sp³-hybridized carbons (Fsp3) is 0.294. The maximum Gasteiger partial charge on any atom is 0.123 e. The second-order valence-electron chi connectivity index (χ2n) is 5.90. The summed E-state index contributed by atoms with van der Waals surface area (Å²) in [5, 5.41) is 0. The molecule has 19 heavy (non-hydrogen) atoms. The van der Waals surface area contributed by atoms with Crippen LogP contribution in [-0.2, 0) is 0 Å². The van der Waals surface area contributed by atoms with Gasteiger partial charge in [0.2, 0.25) is 0 Å². The molecule has 0 aliphatic carbocycles. The van der Waals surface area contributed by atoms with E-state index in [9.17, 15) is 8.78 Å². The number of rotatable bonds is 2. The fourth-order valence-corrected chi connectivity index (χ4v) is 2.50. The Morgan fingerprint density at radius 2 is 1.00 bits per heavy atom. The van der Waals surface area contributed by atoms with Crippen molar-refractivity contribution in [2.24, 2.45) is 5.41 Å². The molecule has 2 rings (SSSR count). The van der Waals surface area contributed by atoms with Gasteiger partial charge in [-0.2, -0.15) is 0 Å². The Hall–Kier alpha value is -1.70. The first-order valence-electron chi connectivity index (χ1n) is 6.39. The average Bonchev–Trinajstić information content (AvgIpc) is 2.33. The van der Waals surface area contributed by atoms with Crippen LogP contribution < -0.4 is 0 Å². The van der Waals surface area contributed by atoms with Gasteiger partial charge < -0.3 is 0 Å². The van der Waals surface area contributed by atoms with Crippen LogP contribution in [0.15, 0.2) is 48.5 Å². The molecule has 0 aromatic heterocycles. The van der Waals surface area contributed by atoms with Crippen molar-refractivity contribution >= 4 is 0 Å². The number of benzene rings is 2. The summed E-state index contributed by atoms with van der Waals surface area (Å²) in [6.45, 7) is 6.39. The quantitative estimate of drug-likeness (QED) is 0.701. The second kappa shape index (κ2) is 5.12. The highest BCUT2D eigenvalue weighted by Gasteiger charge is 2.27. The third-order valence-corrected chi connectivity index (χ3v) is 3.27. The minimum Gasteiger partial charge on any atom is -0.207 e. The molecule has 0 aliphatic rings. The molecular formula is C17H18F2. The van der Waals surface area contributed by atoms with Gasteiger partial charge >= 0.3 is 0 Å². The number of hydrogen-bond donors (Lipinski definition) is 0. The van der Waals surface area contributed by atoms with Crippen LogP contribution in [0.1, 0.15) is 37.8 Å². The molecule has 0 bridgehead atoms. The molecule has 0 spiro atoms. The average molecular weight is 260 g/mol. The van der Waals surface area contributed by atoms with Crippen LogP contribution in [0.25, 0.3) is 0 Å². The lowest BCUT2D eigenvalue weighted by molar-refractivity contribution is 0.358. The predicted octanol–water partition coefficient (Wildman–Crippen LogP) is 5.14. The van der Waals surface area contributed by atoms with Crippen molar-refractivity contribution in [3.63, 3.8) is 0 Å². The maximum atomic E-state index is 13.1. The lowest BCUT2D eigenvalue weighted by Crippen LogP contribution is -2.19. The van der Waals surface area contributed by atoms with E-state index in [1.165, 1.54) is 24.3 Å². The molecule has 100 valence electrons. The summed E-state index contributed by atoms with van der Waals surface area (Å²) in [5.74, 6) is -0.375. The lowest BCUT2D eigenvalue weighted by atomic mass is 9.72. The van der Waals surface area contributed by atoms with Gasteiger partial charge in [0.25, 0.3) is 0 Å². The Kier molecular flexibility index (Phi) is 3.70. The molecule has 0 radical (unpaired) electrons. The third-order valence-electron chi connectivity index (χ3n) is 3.27. The van der Waals surface area contributed by atoms with Gasteiger partial charge in [-0.25, -0.2) is 8.78 Å². The van der Waals surface area contributed by atoms with Crippen molar-refractivity contribution in [3.8, 4) is 0 Å². The molecule has 2 heteroatoms. The first-order chi connectivity index (χ1) is 8.88. The Labute approximate surface area is 113 Å². The molecular weight excluding hydrogens is 242 g/mol. The van der Waals surface area contributed by atoms with Crippen LogP contribution in [-0.4, -0.2) is 0 Å². The summed E-state index contributed by atoms with van der Waals surface area (Å²) in [6, 6.07) is 13.1. The van der Waals surface area contributed by atoms with Gasteiger partial charge in [-0.1, -0.05) is 45.0 Å². The fourth-order valence-electron chi connectivity index (χ4n) is 2.50. The Bertz CT molecular complexity index is 487. The first-order valence-corrected chi connectivity index (χ1v) is 6.39. The summed E-state index contributed by atoms with van der Waals surface area (Å²) in [4.78, 5) is 0. The van der Waals surface area contributed by atoms with Crippen molar-refractivity contribution in [1.29, 1.82) is 0 Å². The summed E-state index contributed by atoms with van der Waals surface area (Å²) >= 11 is 0. The van der Waals surface area contributed by atoms with Crippen LogP contribution in [0.4, 0.5) is 8.78 Å². The summed E-state index contributed by atoms with van der Waals surface area (Å²) in [7, 11) is 0. The van der Waals surface area contributed by atoms with Gasteiger partial charge in [0.1, 0.15) is 11.6 Å². The van der Waals surface area contributed by atoms with E-state index >= 15 is 0 Å². The molecule has 0 aliphatic heterocycles. The Morgan fingerprint density at radius 3 is 1.26 bits per heavy atom. The molecule has 2 aromatic carbocycles. The predicted molar refractivity (Wildman–Crippen MR) is 74.1 cm³/mol. The summed E-state index contributed by atoms with van der Waals surface area (Å²) in [6.07, 6.45) is 0. The number of hydrogen-bond acceptors (Lipinski definition) is 0. The summed E-state index contributed by atoms with van der Waals surface area (Å²) in [5.41, 5.74) is 2.05. The zero-order chi connectivity index (χ0) is 14.0. The van der Waals surface area contributed by atoms with Crippen LogP contribution >= 0.6 is 0 Å². The topological polar surface area (TPSA) is 0 Å². The monoisotopic (exact) mass is 260 g/mol.